The van der Waals surface area contributed by atoms with Crippen molar-refractivity contribution in [2.24, 2.45) is 0 Å². The van der Waals surface area contributed by atoms with Crippen LogP contribution in [0.1, 0.15) is 12.1 Å². The maximum absolute atomic E-state index is 12.9. The van der Waals surface area contributed by atoms with Crippen molar-refractivity contribution in [3.8, 4) is 0 Å². The lowest BCUT2D eigenvalue weighted by molar-refractivity contribution is 0.292. The van der Waals surface area contributed by atoms with Crippen molar-refractivity contribution < 1.29 is 9.32 Å². The van der Waals surface area contributed by atoms with Crippen molar-refractivity contribution in [2.45, 2.75) is 23.1 Å². The van der Waals surface area contributed by atoms with Gasteiger partial charge in [-0.15, -0.1) is 0 Å². The third-order valence-electron chi connectivity index (χ3n) is 3.57. The zero-order valence-corrected chi connectivity index (χ0v) is 15.2. The monoisotopic (exact) mass is 371 g/mol. The average molecular weight is 371 g/mol. The highest BCUT2D eigenvalue weighted by Gasteiger charge is 2.12. The van der Waals surface area contributed by atoms with Crippen LogP contribution in [0, 0.1) is 6.92 Å². The molecule has 136 valence electrons. The number of hydrogen-bond donors (Lipinski definition) is 4. The van der Waals surface area contributed by atoms with Gasteiger partial charge < -0.3 is 15.7 Å². The van der Waals surface area contributed by atoms with Gasteiger partial charge in [-0.3, -0.25) is 5.10 Å². The lowest BCUT2D eigenvalue weighted by Crippen LogP contribution is -2.07. The zero-order valence-electron chi connectivity index (χ0n) is 14.4. The Labute approximate surface area is 154 Å². The molecule has 0 aliphatic rings. The largest absolute Gasteiger partial charge is 0.396 e. The summed E-state index contributed by atoms with van der Waals surface area (Å²) in [6.45, 7) is 2.58. The Morgan fingerprint density at radius 1 is 1.08 bits per heavy atom. The van der Waals surface area contributed by atoms with Crippen LogP contribution in [-0.2, 0) is 10.8 Å². The molecule has 0 radical (unpaired) electrons. The molecule has 3 aromatic rings. The molecule has 7 nitrogen and oxygen atoms in total. The molecular formula is C18H21N5O2S. The molecule has 0 aliphatic heterocycles. The van der Waals surface area contributed by atoms with Gasteiger partial charge in [0.1, 0.15) is 11.6 Å². The predicted molar refractivity (Wildman–Crippen MR) is 102 cm³/mol. The molecule has 1 atom stereocenters. The maximum Gasteiger partial charge on any atom is 0.153 e. The first-order chi connectivity index (χ1) is 12.7. The number of anilines is 3. The smallest absolute Gasteiger partial charge is 0.153 e. The molecule has 0 amide bonds. The second-order valence-corrected chi connectivity index (χ2v) is 7.20. The molecule has 1 aromatic carbocycles. The Morgan fingerprint density at radius 2 is 1.85 bits per heavy atom. The fourth-order valence-corrected chi connectivity index (χ4v) is 3.47. The molecule has 4 N–H and O–H groups in total. The second-order valence-electron chi connectivity index (χ2n) is 5.72. The van der Waals surface area contributed by atoms with E-state index in [1.165, 1.54) is 0 Å². The first-order valence-electron chi connectivity index (χ1n) is 8.28. The van der Waals surface area contributed by atoms with Crippen LogP contribution in [0.5, 0.6) is 0 Å². The first-order valence-corrected chi connectivity index (χ1v) is 9.43. The SMILES string of the molecule is Cc1cc(Nc2cc([S@](=O)c3ccccc3)cc(NCCCO)n2)n[nH]1. The summed E-state index contributed by atoms with van der Waals surface area (Å²) in [7, 11) is -1.33. The molecule has 26 heavy (non-hydrogen) atoms. The van der Waals surface area contributed by atoms with Crippen LogP contribution in [0.2, 0.25) is 0 Å². The number of benzene rings is 1. The molecule has 0 bridgehead atoms. The van der Waals surface area contributed by atoms with Gasteiger partial charge in [-0.2, -0.15) is 5.10 Å². The van der Waals surface area contributed by atoms with Crippen molar-refractivity contribution in [1.82, 2.24) is 15.2 Å². The van der Waals surface area contributed by atoms with Gasteiger partial charge in [-0.25, -0.2) is 9.19 Å². The van der Waals surface area contributed by atoms with Crippen molar-refractivity contribution in [2.75, 3.05) is 23.8 Å². The Balaban J connectivity index is 1.90. The summed E-state index contributed by atoms with van der Waals surface area (Å²) in [5.41, 5.74) is 0.929. The molecule has 3 rings (SSSR count). The number of pyridine rings is 1. The standard InChI is InChI=1S/C18H21N5O2S/c1-13-10-18(23-22-13)21-17-12-15(11-16(20-17)19-8-5-9-24)26(25)14-6-3-2-4-7-14/h2-4,6-7,10-12,24H,5,8-9H2,1H3,(H3,19,20,21,22,23)/t26-/m1/s1. The van der Waals surface area contributed by atoms with E-state index in [0.717, 1.165) is 10.6 Å². The van der Waals surface area contributed by atoms with Crippen molar-refractivity contribution >= 4 is 28.3 Å². The Bertz CT molecular complexity index is 882. The highest BCUT2D eigenvalue weighted by molar-refractivity contribution is 7.85. The Kier molecular flexibility index (Phi) is 5.98. The van der Waals surface area contributed by atoms with E-state index in [4.69, 9.17) is 5.11 Å². The van der Waals surface area contributed by atoms with Gasteiger partial charge in [0.25, 0.3) is 0 Å². The number of aromatic amines is 1. The molecular weight excluding hydrogens is 350 g/mol. The van der Waals surface area contributed by atoms with Crippen LogP contribution in [0.3, 0.4) is 0 Å². The minimum absolute atomic E-state index is 0.0975. The van der Waals surface area contributed by atoms with E-state index in [2.05, 4.69) is 25.8 Å². The summed E-state index contributed by atoms with van der Waals surface area (Å²) in [6, 6.07) is 14.7. The van der Waals surface area contributed by atoms with Gasteiger partial charge in [0.2, 0.25) is 0 Å². The van der Waals surface area contributed by atoms with Crippen LogP contribution in [-0.4, -0.2) is 37.6 Å². The molecule has 0 fully saturated rings. The molecule has 0 aliphatic carbocycles. The van der Waals surface area contributed by atoms with Crippen LogP contribution in [0.15, 0.2) is 58.3 Å². The van der Waals surface area contributed by atoms with E-state index >= 15 is 0 Å². The first kappa shape index (κ1) is 18.1. The van der Waals surface area contributed by atoms with Crippen LogP contribution >= 0.6 is 0 Å². The normalized spacial score (nSPS) is 11.9. The number of aliphatic hydroxyl groups is 1. The van der Waals surface area contributed by atoms with Crippen molar-refractivity contribution in [3.63, 3.8) is 0 Å². The predicted octanol–water partition coefficient (Wildman–Crippen LogP) is 2.82. The summed E-state index contributed by atoms with van der Waals surface area (Å²) < 4.78 is 12.9. The minimum atomic E-state index is -1.33. The number of aryl methyl sites for hydroxylation is 1. The number of nitrogens with one attached hydrogen (secondary N) is 3. The number of nitrogens with zero attached hydrogens (tertiary/aromatic N) is 2. The number of H-pyrrole nitrogens is 1. The van der Waals surface area contributed by atoms with E-state index in [1.807, 2.05) is 43.3 Å². The highest BCUT2D eigenvalue weighted by Crippen LogP contribution is 2.23. The molecule has 2 heterocycles. The molecule has 0 unspecified atom stereocenters. The summed E-state index contributed by atoms with van der Waals surface area (Å²) in [5.74, 6) is 1.78. The number of aromatic nitrogens is 3. The van der Waals surface area contributed by atoms with Gasteiger partial charge in [0.05, 0.1) is 15.7 Å². The van der Waals surface area contributed by atoms with Gasteiger partial charge >= 0.3 is 0 Å². The van der Waals surface area contributed by atoms with E-state index in [1.54, 1.807) is 12.1 Å². The fraction of sp³-hybridized carbons (Fsp3) is 0.222. The van der Waals surface area contributed by atoms with Crippen molar-refractivity contribution in [1.29, 1.82) is 0 Å². The zero-order chi connectivity index (χ0) is 18.4. The molecule has 0 saturated carbocycles. The summed E-state index contributed by atoms with van der Waals surface area (Å²) in [6.07, 6.45) is 0.606. The second kappa shape index (κ2) is 8.59. The quantitative estimate of drug-likeness (QED) is 0.454. The number of aliphatic hydroxyl groups excluding tert-OH is 1. The lowest BCUT2D eigenvalue weighted by atomic mass is 10.4. The van der Waals surface area contributed by atoms with Crippen molar-refractivity contribution in [3.05, 3.63) is 54.2 Å². The molecule has 0 saturated heterocycles. The van der Waals surface area contributed by atoms with E-state index in [0.29, 0.717) is 35.3 Å². The minimum Gasteiger partial charge on any atom is -0.396 e. The Hall–Kier alpha value is -2.71. The van der Waals surface area contributed by atoms with E-state index in [9.17, 15) is 4.21 Å². The molecule has 8 heteroatoms. The van der Waals surface area contributed by atoms with Gasteiger partial charge in [-0.1, -0.05) is 18.2 Å². The number of hydrogen-bond acceptors (Lipinski definition) is 6. The molecule has 0 spiro atoms. The van der Waals surface area contributed by atoms with Gasteiger partial charge in [0.15, 0.2) is 5.82 Å². The van der Waals surface area contributed by atoms with Gasteiger partial charge in [0, 0.05) is 29.8 Å². The van der Waals surface area contributed by atoms with Crippen LogP contribution in [0.25, 0.3) is 0 Å². The number of rotatable bonds is 8. The van der Waals surface area contributed by atoms with Gasteiger partial charge in [-0.05, 0) is 37.6 Å². The molecule has 2 aromatic heterocycles. The summed E-state index contributed by atoms with van der Waals surface area (Å²) >= 11 is 0. The lowest BCUT2D eigenvalue weighted by Gasteiger charge is -2.11. The van der Waals surface area contributed by atoms with E-state index in [-0.39, 0.29) is 6.61 Å². The van der Waals surface area contributed by atoms with E-state index < -0.39 is 10.8 Å². The van der Waals surface area contributed by atoms with Crippen LogP contribution < -0.4 is 10.6 Å². The van der Waals surface area contributed by atoms with Crippen LogP contribution in [0.4, 0.5) is 17.5 Å². The summed E-state index contributed by atoms with van der Waals surface area (Å²) in [4.78, 5) is 5.85. The fourth-order valence-electron chi connectivity index (χ4n) is 2.36. The summed E-state index contributed by atoms with van der Waals surface area (Å²) in [5, 5.41) is 22.2. The third kappa shape index (κ3) is 4.68. The Morgan fingerprint density at radius 3 is 2.54 bits per heavy atom. The third-order valence-corrected chi connectivity index (χ3v) is 4.94. The topological polar surface area (TPSA) is 103 Å². The average Bonchev–Trinajstić information content (AvgIpc) is 3.06. The maximum atomic E-state index is 12.9. The highest BCUT2D eigenvalue weighted by atomic mass is 32.2.